The first kappa shape index (κ1) is 31.5. The van der Waals surface area contributed by atoms with E-state index >= 15 is 0 Å². The summed E-state index contributed by atoms with van der Waals surface area (Å²) in [6.07, 6.45) is 0.920. The molecular weight excluding hydrogens is 552 g/mol. The first-order valence-electron chi connectivity index (χ1n) is 13.3. The van der Waals surface area contributed by atoms with E-state index in [1.807, 2.05) is 13.8 Å². The van der Waals surface area contributed by atoms with Crippen molar-refractivity contribution in [2.75, 3.05) is 18.0 Å². The van der Waals surface area contributed by atoms with Crippen molar-refractivity contribution in [3.05, 3.63) is 90.0 Å². The molecule has 0 radical (unpaired) electrons. The normalized spacial score (nSPS) is 12.7. The second-order valence-electron chi connectivity index (χ2n) is 9.55. The van der Waals surface area contributed by atoms with Gasteiger partial charge in [-0.15, -0.1) is 0 Å². The van der Waals surface area contributed by atoms with E-state index in [0.717, 1.165) is 16.4 Å². The number of anilines is 1. The molecule has 2 atom stereocenters. The first-order chi connectivity index (χ1) is 19.5. The van der Waals surface area contributed by atoms with Crippen LogP contribution in [0.4, 0.5) is 14.5 Å². The summed E-state index contributed by atoms with van der Waals surface area (Å²) in [5.41, 5.74) is 0.621. The van der Waals surface area contributed by atoms with Crippen molar-refractivity contribution in [1.29, 1.82) is 0 Å². The zero-order valence-corrected chi connectivity index (χ0v) is 24.3. The summed E-state index contributed by atoms with van der Waals surface area (Å²) in [6, 6.07) is 14.8. The van der Waals surface area contributed by atoms with Crippen LogP contribution in [-0.2, 0) is 26.2 Å². The Morgan fingerprint density at radius 1 is 0.878 bits per heavy atom. The predicted octanol–water partition coefficient (Wildman–Crippen LogP) is 4.89. The van der Waals surface area contributed by atoms with Gasteiger partial charge in [-0.3, -0.25) is 13.9 Å². The van der Waals surface area contributed by atoms with Crippen LogP contribution in [0.5, 0.6) is 5.75 Å². The summed E-state index contributed by atoms with van der Waals surface area (Å²) >= 11 is 0. The Balaban J connectivity index is 2.05. The van der Waals surface area contributed by atoms with Gasteiger partial charge in [0.15, 0.2) is 0 Å². The number of carbonyl (C=O) groups excluding carboxylic acids is 2. The fourth-order valence-corrected chi connectivity index (χ4v) is 5.57. The van der Waals surface area contributed by atoms with Crippen LogP contribution >= 0.6 is 0 Å². The summed E-state index contributed by atoms with van der Waals surface area (Å²) in [6.45, 7) is 4.77. The zero-order chi connectivity index (χ0) is 30.2. The van der Waals surface area contributed by atoms with Gasteiger partial charge in [0.05, 0.1) is 17.7 Å². The number of hydrogen-bond acceptors (Lipinski definition) is 5. The number of halogens is 2. The van der Waals surface area contributed by atoms with Crippen LogP contribution in [0.2, 0.25) is 0 Å². The summed E-state index contributed by atoms with van der Waals surface area (Å²) < 4.78 is 61.0. The van der Waals surface area contributed by atoms with Crippen molar-refractivity contribution < 1.29 is 31.5 Å². The molecule has 0 saturated heterocycles. The molecule has 0 aromatic heterocycles. The third-order valence-electron chi connectivity index (χ3n) is 6.69. The Morgan fingerprint density at radius 3 is 1.95 bits per heavy atom. The van der Waals surface area contributed by atoms with E-state index in [2.05, 4.69) is 5.32 Å². The number of ether oxygens (including phenoxy) is 1. The average molecular weight is 588 g/mol. The predicted molar refractivity (Wildman–Crippen MR) is 153 cm³/mol. The van der Waals surface area contributed by atoms with Crippen molar-refractivity contribution in [2.24, 2.45) is 0 Å². The molecule has 220 valence electrons. The van der Waals surface area contributed by atoms with Crippen LogP contribution in [0.25, 0.3) is 0 Å². The maximum atomic E-state index is 14.0. The number of benzene rings is 3. The van der Waals surface area contributed by atoms with Gasteiger partial charge in [-0.2, -0.15) is 0 Å². The second kappa shape index (κ2) is 14.1. The number of carbonyl (C=O) groups is 2. The summed E-state index contributed by atoms with van der Waals surface area (Å²) in [5, 5.41) is 2.89. The smallest absolute Gasteiger partial charge is 0.264 e. The van der Waals surface area contributed by atoms with Gasteiger partial charge >= 0.3 is 0 Å². The quantitative estimate of drug-likeness (QED) is 0.307. The van der Waals surface area contributed by atoms with E-state index in [1.54, 1.807) is 6.92 Å². The summed E-state index contributed by atoms with van der Waals surface area (Å²) in [5.74, 6) is -1.64. The Bertz CT molecular complexity index is 1420. The maximum Gasteiger partial charge on any atom is 0.264 e. The highest BCUT2D eigenvalue weighted by atomic mass is 32.2. The fourth-order valence-electron chi connectivity index (χ4n) is 4.16. The maximum absolute atomic E-state index is 14.0. The van der Waals surface area contributed by atoms with Crippen molar-refractivity contribution in [2.45, 2.75) is 57.1 Å². The molecular formula is C30H35F2N3O5S. The molecule has 0 fully saturated rings. The van der Waals surface area contributed by atoms with Gasteiger partial charge < -0.3 is 15.0 Å². The fraction of sp³-hybridized carbons (Fsp3) is 0.333. The SMILES string of the molecule is CC[C@@H](C)NC(=O)[C@H](CC)N(Cc1ccc(F)cc1)C(=O)CN(c1ccc(F)cc1)S(=O)(=O)c1ccc(OC)cc1. The highest BCUT2D eigenvalue weighted by molar-refractivity contribution is 7.92. The molecule has 3 rings (SSSR count). The van der Waals surface area contributed by atoms with Gasteiger partial charge in [0.1, 0.15) is 30.0 Å². The zero-order valence-electron chi connectivity index (χ0n) is 23.5. The van der Waals surface area contributed by atoms with Gasteiger partial charge in [-0.05, 0) is 86.0 Å². The van der Waals surface area contributed by atoms with Crippen LogP contribution in [0.1, 0.15) is 39.2 Å². The van der Waals surface area contributed by atoms with E-state index in [-0.39, 0.29) is 35.5 Å². The molecule has 8 nitrogen and oxygen atoms in total. The Hall–Kier alpha value is -3.99. The largest absolute Gasteiger partial charge is 0.497 e. The highest BCUT2D eigenvalue weighted by Gasteiger charge is 2.34. The molecule has 0 aliphatic rings. The van der Waals surface area contributed by atoms with E-state index < -0.39 is 40.2 Å². The van der Waals surface area contributed by atoms with Crippen LogP contribution in [0.15, 0.2) is 77.7 Å². The van der Waals surface area contributed by atoms with Gasteiger partial charge in [0.2, 0.25) is 11.8 Å². The third-order valence-corrected chi connectivity index (χ3v) is 8.48. The van der Waals surface area contributed by atoms with E-state index in [4.69, 9.17) is 4.74 Å². The third kappa shape index (κ3) is 8.03. The first-order valence-corrected chi connectivity index (χ1v) is 14.7. The molecule has 0 unspecified atom stereocenters. The van der Waals surface area contributed by atoms with E-state index in [0.29, 0.717) is 17.7 Å². The molecule has 0 aliphatic heterocycles. The Labute approximate surface area is 240 Å². The number of methoxy groups -OCH3 is 1. The highest BCUT2D eigenvalue weighted by Crippen LogP contribution is 2.26. The van der Waals surface area contributed by atoms with Crippen LogP contribution in [0.3, 0.4) is 0 Å². The molecule has 0 heterocycles. The minimum atomic E-state index is -4.32. The molecule has 0 saturated carbocycles. The van der Waals surface area contributed by atoms with Crippen molar-refractivity contribution >= 4 is 27.5 Å². The lowest BCUT2D eigenvalue weighted by atomic mass is 10.1. The van der Waals surface area contributed by atoms with Gasteiger partial charge in [-0.25, -0.2) is 17.2 Å². The number of hydrogen-bond donors (Lipinski definition) is 1. The lowest BCUT2D eigenvalue weighted by molar-refractivity contribution is -0.140. The number of nitrogens with zero attached hydrogens (tertiary/aromatic N) is 2. The summed E-state index contributed by atoms with van der Waals surface area (Å²) in [7, 11) is -2.87. The minimum absolute atomic E-state index is 0.0641. The van der Waals surface area contributed by atoms with Crippen molar-refractivity contribution in [3.8, 4) is 5.75 Å². The lowest BCUT2D eigenvalue weighted by Crippen LogP contribution is -2.53. The number of nitrogens with one attached hydrogen (secondary N) is 1. The standard InChI is InChI=1S/C30H35F2N3O5S/c1-5-21(3)33-30(37)28(6-2)34(19-22-7-9-23(31)10-8-22)29(36)20-35(25-13-11-24(32)12-14-25)41(38,39)27-17-15-26(40-4)16-18-27/h7-18,21,28H,5-6,19-20H2,1-4H3,(H,33,37)/t21-,28+/m1/s1. The van der Waals surface area contributed by atoms with E-state index in [9.17, 15) is 26.8 Å². The minimum Gasteiger partial charge on any atom is -0.497 e. The van der Waals surface area contributed by atoms with Gasteiger partial charge in [-0.1, -0.05) is 26.0 Å². The molecule has 41 heavy (non-hydrogen) atoms. The summed E-state index contributed by atoms with van der Waals surface area (Å²) in [4.78, 5) is 28.4. The molecule has 1 N–H and O–H groups in total. The lowest BCUT2D eigenvalue weighted by Gasteiger charge is -2.33. The van der Waals surface area contributed by atoms with E-state index in [1.165, 1.54) is 72.7 Å². The second-order valence-corrected chi connectivity index (χ2v) is 11.4. The topological polar surface area (TPSA) is 96.0 Å². The Kier molecular flexibility index (Phi) is 10.8. The molecule has 3 aromatic carbocycles. The monoisotopic (exact) mass is 587 g/mol. The van der Waals surface area contributed by atoms with Crippen molar-refractivity contribution in [1.82, 2.24) is 10.2 Å². The van der Waals surface area contributed by atoms with Crippen LogP contribution in [0, 0.1) is 11.6 Å². The Morgan fingerprint density at radius 2 is 1.44 bits per heavy atom. The molecule has 2 amide bonds. The van der Waals surface area contributed by atoms with Gasteiger partial charge in [0.25, 0.3) is 10.0 Å². The van der Waals surface area contributed by atoms with Gasteiger partial charge in [0, 0.05) is 12.6 Å². The molecule has 3 aromatic rings. The van der Waals surface area contributed by atoms with Crippen LogP contribution in [-0.4, -0.2) is 50.9 Å². The number of amides is 2. The number of sulfonamides is 1. The molecule has 11 heteroatoms. The molecule has 0 spiro atoms. The number of rotatable bonds is 13. The van der Waals surface area contributed by atoms with Crippen molar-refractivity contribution in [3.63, 3.8) is 0 Å². The average Bonchev–Trinajstić information content (AvgIpc) is 2.97. The van der Waals surface area contributed by atoms with Crippen LogP contribution < -0.4 is 14.4 Å². The molecule has 0 bridgehead atoms. The molecule has 0 aliphatic carbocycles.